The van der Waals surface area contributed by atoms with Gasteiger partial charge in [0.2, 0.25) is 0 Å². The highest BCUT2D eigenvalue weighted by atomic mass is 31.2. The number of phosphoric ester groups is 1. The molecular weight excluding hydrogens is 697 g/mol. The monoisotopic (exact) mass is 780 g/mol. The Bertz CT molecular complexity index is 1010. The Balaban J connectivity index is 4.10. The maximum Gasteiger partial charge on any atom is 0.472 e. The molecule has 8 nitrogen and oxygen atoms in total. The summed E-state index contributed by atoms with van der Waals surface area (Å²) in [5.41, 5.74) is 5.37. The lowest BCUT2D eigenvalue weighted by molar-refractivity contribution is -0.154. The fourth-order valence-corrected chi connectivity index (χ4v) is 6.55. The van der Waals surface area contributed by atoms with Crippen LogP contribution >= 0.6 is 7.82 Å². The summed E-state index contributed by atoms with van der Waals surface area (Å²) < 4.78 is 33.4. The number of esters is 1. The van der Waals surface area contributed by atoms with Crippen molar-refractivity contribution in [2.45, 2.75) is 187 Å². The van der Waals surface area contributed by atoms with Crippen molar-refractivity contribution >= 4 is 13.8 Å². The quantitative estimate of drug-likeness (QED) is 0.0273. The molecule has 0 aromatic rings. The van der Waals surface area contributed by atoms with Gasteiger partial charge in [0.15, 0.2) is 0 Å². The maximum atomic E-state index is 12.6. The van der Waals surface area contributed by atoms with Crippen LogP contribution < -0.4 is 5.73 Å². The summed E-state index contributed by atoms with van der Waals surface area (Å²) in [6, 6.07) is 0. The first-order chi connectivity index (χ1) is 26.4. The van der Waals surface area contributed by atoms with E-state index in [1.165, 1.54) is 89.9 Å². The molecule has 2 unspecified atom stereocenters. The number of rotatable bonds is 41. The Morgan fingerprint density at radius 3 is 1.54 bits per heavy atom. The zero-order chi connectivity index (χ0) is 39.5. The van der Waals surface area contributed by atoms with Crippen LogP contribution in [-0.4, -0.2) is 49.9 Å². The molecule has 0 aliphatic rings. The Labute approximate surface area is 332 Å². The molecule has 9 heteroatoms. The molecule has 0 saturated carbocycles. The molecule has 2 atom stereocenters. The number of ether oxygens (including phenoxy) is 2. The van der Waals surface area contributed by atoms with E-state index in [1.54, 1.807) is 0 Å². The van der Waals surface area contributed by atoms with Gasteiger partial charge in [-0.1, -0.05) is 177 Å². The molecule has 0 aromatic heterocycles. The highest BCUT2D eigenvalue weighted by Gasteiger charge is 2.25. The van der Waals surface area contributed by atoms with Gasteiger partial charge < -0.3 is 20.1 Å². The zero-order valence-corrected chi connectivity index (χ0v) is 35.6. The van der Waals surface area contributed by atoms with E-state index in [4.69, 9.17) is 24.3 Å². The van der Waals surface area contributed by atoms with E-state index in [2.05, 4.69) is 74.6 Å². The SMILES string of the molecule is CC/C=C\C/C=C\C/C=C\C/C=C\C/C=C\CCCCCC(=O)OC(COCCCCCCCCCCCCCCCCCC)COP(=O)(O)OCCN. The second-order valence-electron chi connectivity index (χ2n) is 14.2. The minimum Gasteiger partial charge on any atom is -0.457 e. The third-order valence-electron chi connectivity index (χ3n) is 8.95. The van der Waals surface area contributed by atoms with E-state index >= 15 is 0 Å². The topological polar surface area (TPSA) is 117 Å². The van der Waals surface area contributed by atoms with Crippen molar-refractivity contribution in [1.29, 1.82) is 0 Å². The van der Waals surface area contributed by atoms with Gasteiger partial charge in [-0.05, 0) is 57.8 Å². The zero-order valence-electron chi connectivity index (χ0n) is 34.7. The fraction of sp³-hybridized carbons (Fsp3) is 0.756. The van der Waals surface area contributed by atoms with Crippen LogP contribution in [-0.2, 0) is 27.9 Å². The molecule has 0 radical (unpaired) electrons. The Morgan fingerprint density at radius 2 is 1.04 bits per heavy atom. The molecule has 0 fully saturated rings. The van der Waals surface area contributed by atoms with Gasteiger partial charge in [0.05, 0.1) is 19.8 Å². The average molecular weight is 780 g/mol. The van der Waals surface area contributed by atoms with Crippen LogP contribution in [0.3, 0.4) is 0 Å². The van der Waals surface area contributed by atoms with Crippen molar-refractivity contribution in [3.8, 4) is 0 Å². The number of carbonyl (C=O) groups excluding carboxylic acids is 1. The van der Waals surface area contributed by atoms with Gasteiger partial charge in [0, 0.05) is 19.6 Å². The lowest BCUT2D eigenvalue weighted by Gasteiger charge is -2.20. The molecule has 0 amide bonds. The van der Waals surface area contributed by atoms with Crippen molar-refractivity contribution in [2.24, 2.45) is 5.73 Å². The summed E-state index contributed by atoms with van der Waals surface area (Å²) in [5, 5.41) is 0. The van der Waals surface area contributed by atoms with Gasteiger partial charge in [-0.3, -0.25) is 13.8 Å². The van der Waals surface area contributed by atoms with Crippen LogP contribution in [0, 0.1) is 0 Å². The molecule has 314 valence electrons. The molecule has 0 spiro atoms. The minimum absolute atomic E-state index is 0.0931. The second-order valence-corrected chi connectivity index (χ2v) is 15.6. The van der Waals surface area contributed by atoms with Crippen molar-refractivity contribution in [3.05, 3.63) is 60.8 Å². The smallest absolute Gasteiger partial charge is 0.457 e. The summed E-state index contributed by atoms with van der Waals surface area (Å²) in [5.74, 6) is -0.361. The van der Waals surface area contributed by atoms with Crippen LogP contribution in [0.15, 0.2) is 60.8 Å². The van der Waals surface area contributed by atoms with Gasteiger partial charge in [-0.25, -0.2) is 4.57 Å². The molecule has 0 bridgehead atoms. The minimum atomic E-state index is -4.29. The standard InChI is InChI=1S/C45H82NO7P/c1-3-5-7-9-11-13-15-17-19-21-22-23-24-26-28-30-32-34-36-38-45(47)53-44(43-52-54(48,49)51-41-39-46)42-50-40-37-35-33-31-29-27-25-20-18-16-14-12-10-8-6-4-2/h5,7,11,13,17,19,22-23,26,28,44H,3-4,6,8-10,12,14-16,18,20-21,24-25,27,29-43,46H2,1-2H3,(H,48,49)/b7-5-,13-11-,19-17-,23-22-,28-26-. The van der Waals surface area contributed by atoms with Crippen LogP contribution in [0.2, 0.25) is 0 Å². The van der Waals surface area contributed by atoms with Crippen LogP contribution in [0.5, 0.6) is 0 Å². The molecule has 0 aliphatic carbocycles. The number of carbonyl (C=O) groups is 1. The number of hydrogen-bond acceptors (Lipinski definition) is 7. The third kappa shape index (κ3) is 41.4. The summed E-state index contributed by atoms with van der Waals surface area (Å²) in [6.07, 6.45) is 50.9. The number of phosphoric acid groups is 1. The highest BCUT2D eigenvalue weighted by Crippen LogP contribution is 2.43. The normalized spacial score (nSPS) is 14.1. The van der Waals surface area contributed by atoms with Crippen molar-refractivity contribution < 1.29 is 32.8 Å². The predicted molar refractivity (Wildman–Crippen MR) is 229 cm³/mol. The number of nitrogens with two attached hydrogens (primary N) is 1. The van der Waals surface area contributed by atoms with Gasteiger partial charge in [0.25, 0.3) is 0 Å². The Kier molecular flexibility index (Phi) is 40.9. The molecule has 54 heavy (non-hydrogen) atoms. The summed E-state index contributed by atoms with van der Waals surface area (Å²) in [4.78, 5) is 22.5. The Morgan fingerprint density at radius 1 is 0.574 bits per heavy atom. The van der Waals surface area contributed by atoms with E-state index in [0.717, 1.165) is 70.6 Å². The van der Waals surface area contributed by atoms with Crippen molar-refractivity contribution in [1.82, 2.24) is 0 Å². The molecule has 0 aromatic carbocycles. The van der Waals surface area contributed by atoms with Gasteiger partial charge >= 0.3 is 13.8 Å². The van der Waals surface area contributed by atoms with E-state index in [-0.39, 0.29) is 38.8 Å². The predicted octanol–water partition coefficient (Wildman–Crippen LogP) is 13.0. The summed E-state index contributed by atoms with van der Waals surface area (Å²) in [6.45, 7) is 4.77. The van der Waals surface area contributed by atoms with Crippen molar-refractivity contribution in [2.75, 3.05) is 33.0 Å². The van der Waals surface area contributed by atoms with Gasteiger partial charge in [-0.2, -0.15) is 0 Å². The van der Waals surface area contributed by atoms with E-state index in [0.29, 0.717) is 6.61 Å². The largest absolute Gasteiger partial charge is 0.472 e. The number of hydrogen-bond donors (Lipinski definition) is 2. The van der Waals surface area contributed by atoms with Gasteiger partial charge in [0.1, 0.15) is 6.10 Å². The van der Waals surface area contributed by atoms with Crippen molar-refractivity contribution in [3.63, 3.8) is 0 Å². The molecule has 3 N–H and O–H groups in total. The highest BCUT2D eigenvalue weighted by molar-refractivity contribution is 7.47. The number of unbranched alkanes of at least 4 members (excludes halogenated alkanes) is 18. The van der Waals surface area contributed by atoms with E-state index in [1.807, 2.05) is 0 Å². The first-order valence-corrected chi connectivity index (χ1v) is 23.3. The molecule has 0 aliphatic heterocycles. The average Bonchev–Trinajstić information content (AvgIpc) is 3.16. The first-order valence-electron chi connectivity index (χ1n) is 21.8. The summed E-state index contributed by atoms with van der Waals surface area (Å²) in [7, 11) is -4.29. The fourth-order valence-electron chi connectivity index (χ4n) is 5.79. The lowest BCUT2D eigenvalue weighted by Crippen LogP contribution is -2.28. The van der Waals surface area contributed by atoms with Crippen LogP contribution in [0.4, 0.5) is 0 Å². The first kappa shape index (κ1) is 52.2. The number of allylic oxidation sites excluding steroid dienone is 10. The van der Waals surface area contributed by atoms with E-state index < -0.39 is 13.9 Å². The molecule has 0 rings (SSSR count). The second kappa shape index (κ2) is 42.3. The Hall–Kier alpha value is -1.80. The lowest BCUT2D eigenvalue weighted by atomic mass is 10.0. The molecule has 0 saturated heterocycles. The molecular formula is C45H82NO7P. The van der Waals surface area contributed by atoms with Crippen LogP contribution in [0.1, 0.15) is 181 Å². The summed E-state index contributed by atoms with van der Waals surface area (Å²) >= 11 is 0. The van der Waals surface area contributed by atoms with Crippen LogP contribution in [0.25, 0.3) is 0 Å². The maximum absolute atomic E-state index is 12.6. The third-order valence-corrected chi connectivity index (χ3v) is 9.93. The van der Waals surface area contributed by atoms with Gasteiger partial charge in [-0.15, -0.1) is 0 Å². The molecule has 0 heterocycles. The van der Waals surface area contributed by atoms with E-state index in [9.17, 15) is 14.3 Å².